The normalized spacial score (nSPS) is 23.3. The lowest BCUT2D eigenvalue weighted by Gasteiger charge is -2.42. The average molecular weight is 312 g/mol. The van der Waals surface area contributed by atoms with Crippen molar-refractivity contribution in [3.63, 3.8) is 0 Å². The Balaban J connectivity index is 1.55. The molecule has 2 aliphatic heterocycles. The fourth-order valence-corrected chi connectivity index (χ4v) is 3.89. The Morgan fingerprint density at radius 2 is 2.00 bits per heavy atom. The van der Waals surface area contributed by atoms with Crippen molar-refractivity contribution in [2.75, 3.05) is 18.0 Å². The zero-order chi connectivity index (χ0) is 15.9. The van der Waals surface area contributed by atoms with Gasteiger partial charge in [-0.2, -0.15) is 5.10 Å². The molecule has 0 bridgehead atoms. The molecular formula is C16H20N6O. The van der Waals surface area contributed by atoms with Gasteiger partial charge < -0.3 is 10.2 Å². The number of hydrogen-bond donors (Lipinski definition) is 1. The van der Waals surface area contributed by atoms with Gasteiger partial charge in [0.1, 0.15) is 0 Å². The van der Waals surface area contributed by atoms with Crippen LogP contribution >= 0.6 is 0 Å². The lowest BCUT2D eigenvalue weighted by Crippen LogP contribution is -2.53. The molecule has 23 heavy (non-hydrogen) atoms. The van der Waals surface area contributed by atoms with Gasteiger partial charge in [0, 0.05) is 51.1 Å². The molecule has 0 aromatic carbocycles. The van der Waals surface area contributed by atoms with E-state index in [0.29, 0.717) is 6.42 Å². The van der Waals surface area contributed by atoms with E-state index in [1.54, 1.807) is 17.1 Å². The average Bonchev–Trinajstić information content (AvgIpc) is 3.12. The SMILES string of the molecule is Cn1cc([C@H]2CC(=O)NC23CCN(c2ncccn2)CC3)cn1. The van der Waals surface area contributed by atoms with Crippen LogP contribution in [0.3, 0.4) is 0 Å². The molecule has 0 unspecified atom stereocenters. The second-order valence-electron chi connectivity index (χ2n) is 6.44. The Kier molecular flexibility index (Phi) is 3.28. The van der Waals surface area contributed by atoms with Crippen LogP contribution in [0.1, 0.15) is 30.7 Å². The van der Waals surface area contributed by atoms with Crippen LogP contribution in [0, 0.1) is 0 Å². The molecule has 4 heterocycles. The van der Waals surface area contributed by atoms with Crippen molar-refractivity contribution in [3.05, 3.63) is 36.4 Å². The van der Waals surface area contributed by atoms with Crippen molar-refractivity contribution in [3.8, 4) is 0 Å². The van der Waals surface area contributed by atoms with Gasteiger partial charge in [-0.15, -0.1) is 0 Å². The summed E-state index contributed by atoms with van der Waals surface area (Å²) in [5, 5.41) is 7.53. The lowest BCUT2D eigenvalue weighted by atomic mass is 9.75. The molecule has 2 aromatic rings. The van der Waals surface area contributed by atoms with Crippen molar-refractivity contribution in [2.24, 2.45) is 7.05 Å². The Hall–Kier alpha value is -2.44. The molecule has 2 aromatic heterocycles. The minimum atomic E-state index is -0.161. The zero-order valence-corrected chi connectivity index (χ0v) is 13.1. The van der Waals surface area contributed by atoms with E-state index in [9.17, 15) is 4.79 Å². The monoisotopic (exact) mass is 312 g/mol. The van der Waals surface area contributed by atoms with Crippen LogP contribution in [0.4, 0.5) is 5.95 Å². The summed E-state index contributed by atoms with van der Waals surface area (Å²) in [5.74, 6) is 1.11. The van der Waals surface area contributed by atoms with Crippen LogP contribution in [0.15, 0.2) is 30.9 Å². The zero-order valence-electron chi connectivity index (χ0n) is 13.1. The molecule has 0 saturated carbocycles. The van der Waals surface area contributed by atoms with E-state index in [0.717, 1.165) is 37.4 Å². The summed E-state index contributed by atoms with van der Waals surface area (Å²) < 4.78 is 1.80. The number of rotatable bonds is 2. The second-order valence-corrected chi connectivity index (χ2v) is 6.44. The Labute approximate surface area is 134 Å². The number of aryl methyl sites for hydroxylation is 1. The van der Waals surface area contributed by atoms with Crippen LogP contribution in [-0.4, -0.2) is 44.3 Å². The van der Waals surface area contributed by atoms with Gasteiger partial charge in [-0.05, 0) is 24.5 Å². The van der Waals surface area contributed by atoms with E-state index >= 15 is 0 Å². The van der Waals surface area contributed by atoms with Gasteiger partial charge in [-0.25, -0.2) is 9.97 Å². The molecule has 1 atom stereocenters. The molecule has 0 aliphatic carbocycles. The quantitative estimate of drug-likeness (QED) is 0.890. The summed E-state index contributed by atoms with van der Waals surface area (Å²) >= 11 is 0. The van der Waals surface area contributed by atoms with Gasteiger partial charge in [0.05, 0.1) is 11.7 Å². The van der Waals surface area contributed by atoms with Gasteiger partial charge in [-0.1, -0.05) is 0 Å². The number of amides is 1. The van der Waals surface area contributed by atoms with E-state index in [1.165, 1.54) is 0 Å². The highest BCUT2D eigenvalue weighted by atomic mass is 16.2. The summed E-state index contributed by atoms with van der Waals surface area (Å²) in [5.41, 5.74) is 0.987. The maximum Gasteiger partial charge on any atom is 0.225 e. The summed E-state index contributed by atoms with van der Waals surface area (Å²) in [6.45, 7) is 1.70. The number of carbonyl (C=O) groups excluding carboxylic acids is 1. The molecule has 1 N–H and O–H groups in total. The van der Waals surface area contributed by atoms with E-state index in [4.69, 9.17) is 0 Å². The molecule has 2 saturated heterocycles. The lowest BCUT2D eigenvalue weighted by molar-refractivity contribution is -0.119. The first-order valence-corrected chi connectivity index (χ1v) is 7.98. The number of nitrogens with zero attached hydrogens (tertiary/aromatic N) is 5. The van der Waals surface area contributed by atoms with Gasteiger partial charge in [0.15, 0.2) is 0 Å². The molecule has 2 aliphatic rings. The first kappa shape index (κ1) is 14.2. The fraction of sp³-hybridized carbons (Fsp3) is 0.500. The number of carbonyl (C=O) groups is 1. The molecule has 120 valence electrons. The van der Waals surface area contributed by atoms with Crippen molar-refractivity contribution in [2.45, 2.75) is 30.7 Å². The predicted molar refractivity (Wildman–Crippen MR) is 84.9 cm³/mol. The standard InChI is InChI=1S/C16H20N6O/c1-21-11-12(10-19-21)13-9-14(23)20-16(13)3-7-22(8-4-16)15-17-5-2-6-18-15/h2,5-6,10-11,13H,3-4,7-9H2,1H3,(H,20,23)/t13-/m1/s1. The molecule has 0 radical (unpaired) electrons. The maximum atomic E-state index is 12.1. The maximum absolute atomic E-state index is 12.1. The molecule has 7 heteroatoms. The van der Waals surface area contributed by atoms with Crippen LogP contribution < -0.4 is 10.2 Å². The van der Waals surface area contributed by atoms with Crippen molar-refractivity contribution < 1.29 is 4.79 Å². The minimum absolute atomic E-state index is 0.142. The molecule has 7 nitrogen and oxygen atoms in total. The van der Waals surface area contributed by atoms with Crippen LogP contribution in [0.25, 0.3) is 0 Å². The smallest absolute Gasteiger partial charge is 0.225 e. The molecule has 1 amide bonds. The van der Waals surface area contributed by atoms with E-state index in [1.807, 2.05) is 25.5 Å². The predicted octanol–water partition coefficient (Wildman–Crippen LogP) is 0.853. The highest BCUT2D eigenvalue weighted by Crippen LogP contribution is 2.43. The molecule has 4 rings (SSSR count). The van der Waals surface area contributed by atoms with E-state index in [-0.39, 0.29) is 17.4 Å². The Morgan fingerprint density at radius 3 is 2.65 bits per heavy atom. The molecule has 1 spiro atoms. The first-order valence-electron chi connectivity index (χ1n) is 7.98. The Morgan fingerprint density at radius 1 is 1.26 bits per heavy atom. The van der Waals surface area contributed by atoms with Crippen molar-refractivity contribution >= 4 is 11.9 Å². The number of aromatic nitrogens is 4. The van der Waals surface area contributed by atoms with Crippen LogP contribution in [0.5, 0.6) is 0 Å². The van der Waals surface area contributed by atoms with Gasteiger partial charge in [0.25, 0.3) is 0 Å². The van der Waals surface area contributed by atoms with Crippen molar-refractivity contribution in [1.29, 1.82) is 0 Å². The van der Waals surface area contributed by atoms with Gasteiger partial charge >= 0.3 is 0 Å². The van der Waals surface area contributed by atoms with E-state index < -0.39 is 0 Å². The summed E-state index contributed by atoms with van der Waals surface area (Å²) in [6.07, 6.45) is 9.80. The van der Waals surface area contributed by atoms with Crippen LogP contribution in [-0.2, 0) is 11.8 Å². The summed E-state index contributed by atoms with van der Waals surface area (Å²) in [4.78, 5) is 22.9. The number of hydrogen-bond acceptors (Lipinski definition) is 5. The minimum Gasteiger partial charge on any atom is -0.350 e. The molecular weight excluding hydrogens is 292 g/mol. The third-order valence-corrected chi connectivity index (χ3v) is 5.06. The van der Waals surface area contributed by atoms with Crippen LogP contribution in [0.2, 0.25) is 0 Å². The molecule has 2 fully saturated rings. The largest absolute Gasteiger partial charge is 0.350 e. The number of nitrogens with one attached hydrogen (secondary N) is 1. The first-order chi connectivity index (χ1) is 11.2. The fourth-order valence-electron chi connectivity index (χ4n) is 3.89. The summed E-state index contributed by atoms with van der Waals surface area (Å²) in [7, 11) is 1.91. The number of anilines is 1. The third kappa shape index (κ3) is 2.46. The van der Waals surface area contributed by atoms with E-state index in [2.05, 4.69) is 25.3 Å². The second kappa shape index (κ2) is 5.33. The summed E-state index contributed by atoms with van der Waals surface area (Å²) in [6, 6.07) is 1.82. The highest BCUT2D eigenvalue weighted by molar-refractivity contribution is 5.81. The number of piperidine rings is 1. The topological polar surface area (TPSA) is 75.9 Å². The third-order valence-electron chi connectivity index (χ3n) is 5.06. The van der Waals surface area contributed by atoms with Crippen molar-refractivity contribution in [1.82, 2.24) is 25.1 Å². The highest BCUT2D eigenvalue weighted by Gasteiger charge is 2.49. The van der Waals surface area contributed by atoms with Gasteiger partial charge in [-0.3, -0.25) is 9.48 Å². The Bertz CT molecular complexity index is 704. The van der Waals surface area contributed by atoms with Gasteiger partial charge in [0.2, 0.25) is 11.9 Å².